The van der Waals surface area contributed by atoms with Crippen LogP contribution >= 0.6 is 0 Å². The number of anilines is 1. The van der Waals surface area contributed by atoms with E-state index in [4.69, 9.17) is 4.74 Å². The summed E-state index contributed by atoms with van der Waals surface area (Å²) < 4.78 is 5.41. The molecule has 1 fully saturated rings. The van der Waals surface area contributed by atoms with Crippen LogP contribution in [0.2, 0.25) is 0 Å². The van der Waals surface area contributed by atoms with Gasteiger partial charge in [0.25, 0.3) is 0 Å². The third kappa shape index (κ3) is 2.46. The molecule has 0 aliphatic heterocycles. The van der Waals surface area contributed by atoms with E-state index in [1.165, 1.54) is 12.8 Å². The summed E-state index contributed by atoms with van der Waals surface area (Å²) in [6.07, 6.45) is 4.08. The number of hydrogen-bond acceptors (Lipinski definition) is 4. The number of aromatic nitrogens is 2. The maximum atomic E-state index is 5.41. The average molecular weight is 205 g/mol. The molecule has 0 unspecified atom stereocenters. The minimum atomic E-state index is 0.476. The highest BCUT2D eigenvalue weighted by Crippen LogP contribution is 2.39. The van der Waals surface area contributed by atoms with Crippen molar-refractivity contribution in [2.45, 2.75) is 18.8 Å². The molecule has 0 amide bonds. The van der Waals surface area contributed by atoms with Gasteiger partial charge in [-0.1, -0.05) is 12.7 Å². The lowest BCUT2D eigenvalue weighted by atomic mass is 10.4. The molecule has 0 radical (unpaired) electrons. The van der Waals surface area contributed by atoms with E-state index >= 15 is 0 Å². The zero-order valence-electron chi connectivity index (χ0n) is 8.86. The molecule has 2 rings (SSSR count). The quantitative estimate of drug-likeness (QED) is 0.746. The zero-order chi connectivity index (χ0) is 10.7. The van der Waals surface area contributed by atoms with E-state index < -0.39 is 0 Å². The summed E-state index contributed by atoms with van der Waals surface area (Å²) in [5, 5.41) is 3.01. The van der Waals surface area contributed by atoms with Crippen LogP contribution in [-0.4, -0.2) is 23.6 Å². The minimum Gasteiger partial charge on any atom is -0.473 e. The number of hydrogen-bond donors (Lipinski definition) is 1. The predicted octanol–water partition coefficient (Wildman–Crippen LogP) is 1.96. The van der Waals surface area contributed by atoms with Gasteiger partial charge in [-0.3, -0.25) is 0 Å². The van der Waals surface area contributed by atoms with Crippen LogP contribution in [0.1, 0.15) is 24.6 Å². The van der Waals surface area contributed by atoms with Crippen LogP contribution in [0, 0.1) is 0 Å². The number of nitrogens with zero attached hydrogens (tertiary/aromatic N) is 2. The summed E-state index contributed by atoms with van der Waals surface area (Å²) in [6, 6.07) is 1.80. The van der Waals surface area contributed by atoms with E-state index in [0.29, 0.717) is 18.4 Å². The lowest BCUT2D eigenvalue weighted by Crippen LogP contribution is -2.03. The monoisotopic (exact) mass is 205 g/mol. The second-order valence-electron chi connectivity index (χ2n) is 3.57. The van der Waals surface area contributed by atoms with Crippen LogP contribution in [0.5, 0.6) is 5.88 Å². The zero-order valence-corrected chi connectivity index (χ0v) is 8.86. The highest BCUT2D eigenvalue weighted by atomic mass is 16.5. The smallest absolute Gasteiger partial charge is 0.219 e. The van der Waals surface area contributed by atoms with Gasteiger partial charge < -0.3 is 10.1 Å². The van der Waals surface area contributed by atoms with Crippen LogP contribution in [0.4, 0.5) is 5.82 Å². The van der Waals surface area contributed by atoms with Crippen LogP contribution in [0.25, 0.3) is 0 Å². The van der Waals surface area contributed by atoms with Crippen molar-refractivity contribution < 1.29 is 4.74 Å². The molecule has 4 heteroatoms. The van der Waals surface area contributed by atoms with Gasteiger partial charge in [-0.25, -0.2) is 4.98 Å². The summed E-state index contributed by atoms with van der Waals surface area (Å²) >= 11 is 0. The Kier molecular flexibility index (Phi) is 2.85. The summed E-state index contributed by atoms with van der Waals surface area (Å²) in [5.74, 6) is 2.85. The molecule has 0 aromatic carbocycles. The van der Waals surface area contributed by atoms with E-state index in [9.17, 15) is 0 Å². The molecule has 1 saturated carbocycles. The van der Waals surface area contributed by atoms with Gasteiger partial charge in [0.2, 0.25) is 5.88 Å². The third-order valence-electron chi connectivity index (χ3n) is 2.27. The van der Waals surface area contributed by atoms with Crippen molar-refractivity contribution in [3.05, 3.63) is 24.5 Å². The first-order chi connectivity index (χ1) is 7.33. The predicted molar refractivity (Wildman–Crippen MR) is 59.2 cm³/mol. The molecule has 1 aliphatic carbocycles. The summed E-state index contributed by atoms with van der Waals surface area (Å²) in [6.45, 7) is 4.08. The fourth-order valence-electron chi connectivity index (χ4n) is 1.31. The molecule has 1 aliphatic rings. The Morgan fingerprint density at radius 2 is 2.40 bits per heavy atom. The van der Waals surface area contributed by atoms with Gasteiger partial charge >= 0.3 is 0 Å². The third-order valence-corrected chi connectivity index (χ3v) is 2.27. The molecule has 0 spiro atoms. The summed E-state index contributed by atoms with van der Waals surface area (Å²) in [5.41, 5.74) is 0. The van der Waals surface area contributed by atoms with Gasteiger partial charge in [0.15, 0.2) is 0 Å². The standard InChI is InChI=1S/C11H15N3O/c1-3-6-15-10-7-9(12-2)13-11(14-10)8-4-5-8/h3,7-8H,1,4-6H2,2H3,(H,12,13,14). The lowest BCUT2D eigenvalue weighted by molar-refractivity contribution is 0.346. The molecule has 0 bridgehead atoms. The molecule has 0 saturated heterocycles. The molecule has 1 aromatic heterocycles. The van der Waals surface area contributed by atoms with E-state index in [1.807, 2.05) is 7.05 Å². The molecular formula is C11H15N3O. The van der Waals surface area contributed by atoms with E-state index in [-0.39, 0.29) is 0 Å². The van der Waals surface area contributed by atoms with Gasteiger partial charge in [0.05, 0.1) is 0 Å². The topological polar surface area (TPSA) is 47.0 Å². The molecule has 15 heavy (non-hydrogen) atoms. The Morgan fingerprint density at radius 3 is 3.00 bits per heavy atom. The lowest BCUT2D eigenvalue weighted by Gasteiger charge is -2.07. The Hall–Kier alpha value is -1.58. The van der Waals surface area contributed by atoms with Gasteiger partial charge in [-0.15, -0.1) is 0 Å². The van der Waals surface area contributed by atoms with E-state index in [1.54, 1.807) is 12.1 Å². The second kappa shape index (κ2) is 4.29. The Balaban J connectivity index is 2.20. The van der Waals surface area contributed by atoms with Crippen LogP contribution in [0.15, 0.2) is 18.7 Å². The largest absolute Gasteiger partial charge is 0.473 e. The SMILES string of the molecule is C=CCOc1cc(NC)nc(C2CC2)n1. The van der Waals surface area contributed by atoms with E-state index in [0.717, 1.165) is 11.6 Å². The van der Waals surface area contributed by atoms with Crippen molar-refractivity contribution >= 4 is 5.82 Å². The Labute approximate surface area is 89.4 Å². The van der Waals surface area contributed by atoms with Crippen molar-refractivity contribution in [2.24, 2.45) is 0 Å². The van der Waals surface area contributed by atoms with Crippen molar-refractivity contribution in [1.29, 1.82) is 0 Å². The molecule has 1 heterocycles. The molecule has 1 N–H and O–H groups in total. The fourth-order valence-corrected chi connectivity index (χ4v) is 1.31. The Bertz CT molecular complexity index is 361. The van der Waals surface area contributed by atoms with Crippen molar-refractivity contribution in [1.82, 2.24) is 9.97 Å². The number of nitrogens with one attached hydrogen (secondary N) is 1. The highest BCUT2D eigenvalue weighted by molar-refractivity contribution is 5.38. The molecule has 4 nitrogen and oxygen atoms in total. The fraction of sp³-hybridized carbons (Fsp3) is 0.455. The van der Waals surface area contributed by atoms with Crippen LogP contribution in [-0.2, 0) is 0 Å². The number of ether oxygens (including phenoxy) is 1. The first kappa shape index (κ1) is 9.96. The van der Waals surface area contributed by atoms with Gasteiger partial charge in [0.1, 0.15) is 18.2 Å². The molecular weight excluding hydrogens is 190 g/mol. The van der Waals surface area contributed by atoms with Gasteiger partial charge in [-0.05, 0) is 12.8 Å². The summed E-state index contributed by atoms with van der Waals surface area (Å²) in [4.78, 5) is 8.75. The Morgan fingerprint density at radius 1 is 1.60 bits per heavy atom. The average Bonchev–Trinajstić information content (AvgIpc) is 3.09. The van der Waals surface area contributed by atoms with Gasteiger partial charge in [0, 0.05) is 19.0 Å². The van der Waals surface area contributed by atoms with Crippen LogP contribution < -0.4 is 10.1 Å². The first-order valence-corrected chi connectivity index (χ1v) is 5.14. The maximum Gasteiger partial charge on any atom is 0.219 e. The molecule has 1 aromatic rings. The van der Waals surface area contributed by atoms with Crippen molar-refractivity contribution in [2.75, 3.05) is 19.0 Å². The summed E-state index contributed by atoms with van der Waals surface area (Å²) in [7, 11) is 1.84. The second-order valence-corrected chi connectivity index (χ2v) is 3.57. The van der Waals surface area contributed by atoms with Gasteiger partial charge in [-0.2, -0.15) is 4.98 Å². The van der Waals surface area contributed by atoms with Crippen molar-refractivity contribution in [3.8, 4) is 5.88 Å². The maximum absolute atomic E-state index is 5.41. The van der Waals surface area contributed by atoms with Crippen LogP contribution in [0.3, 0.4) is 0 Å². The van der Waals surface area contributed by atoms with E-state index in [2.05, 4.69) is 21.9 Å². The molecule has 80 valence electrons. The molecule has 0 atom stereocenters. The minimum absolute atomic E-state index is 0.476. The highest BCUT2D eigenvalue weighted by Gasteiger charge is 2.27. The normalized spacial score (nSPS) is 14.7. The first-order valence-electron chi connectivity index (χ1n) is 5.14. The van der Waals surface area contributed by atoms with Crippen molar-refractivity contribution in [3.63, 3.8) is 0 Å². The number of rotatable bonds is 5.